The predicted octanol–water partition coefficient (Wildman–Crippen LogP) is 3.42. The molecule has 1 fully saturated rings. The Labute approximate surface area is 160 Å². The molecule has 2 amide bonds. The summed E-state index contributed by atoms with van der Waals surface area (Å²) in [6.07, 6.45) is 1.38. The van der Waals surface area contributed by atoms with E-state index in [-0.39, 0.29) is 23.8 Å². The predicted molar refractivity (Wildman–Crippen MR) is 105 cm³/mol. The van der Waals surface area contributed by atoms with Gasteiger partial charge in [-0.2, -0.15) is 0 Å². The van der Waals surface area contributed by atoms with Crippen molar-refractivity contribution in [1.82, 2.24) is 10.2 Å². The number of likely N-dealkylation sites (tertiary alicyclic amines) is 1. The fraction of sp³-hybridized carbons (Fsp3) is 0.364. The summed E-state index contributed by atoms with van der Waals surface area (Å²) in [5.41, 5.74) is 1.74. The van der Waals surface area contributed by atoms with Gasteiger partial charge in [0.05, 0.1) is 13.2 Å². The molecule has 2 aromatic carbocycles. The van der Waals surface area contributed by atoms with Crippen molar-refractivity contribution < 1.29 is 14.3 Å². The number of nitrogens with one attached hydrogen (secondary N) is 1. The van der Waals surface area contributed by atoms with Gasteiger partial charge in [0.2, 0.25) is 5.91 Å². The van der Waals surface area contributed by atoms with E-state index in [1.165, 1.54) is 0 Å². The minimum Gasteiger partial charge on any atom is -0.497 e. The molecule has 1 aliphatic heterocycles. The Morgan fingerprint density at radius 2 is 1.67 bits per heavy atom. The van der Waals surface area contributed by atoms with Crippen LogP contribution in [-0.4, -0.2) is 36.9 Å². The fourth-order valence-electron chi connectivity index (χ4n) is 3.42. The Hall–Kier alpha value is -2.82. The van der Waals surface area contributed by atoms with Crippen LogP contribution in [0.1, 0.15) is 41.7 Å². The number of benzene rings is 2. The molecule has 1 unspecified atom stereocenters. The van der Waals surface area contributed by atoms with Crippen LogP contribution in [0, 0.1) is 5.92 Å². The zero-order valence-corrected chi connectivity index (χ0v) is 15.9. The van der Waals surface area contributed by atoms with E-state index in [0.717, 1.165) is 11.3 Å². The number of piperidine rings is 1. The van der Waals surface area contributed by atoms with Crippen LogP contribution in [0.2, 0.25) is 0 Å². The van der Waals surface area contributed by atoms with E-state index in [1.807, 2.05) is 42.2 Å². The lowest BCUT2D eigenvalue weighted by Crippen LogP contribution is -2.43. The van der Waals surface area contributed by atoms with Crippen molar-refractivity contribution in [2.24, 2.45) is 5.92 Å². The van der Waals surface area contributed by atoms with Crippen LogP contribution >= 0.6 is 0 Å². The van der Waals surface area contributed by atoms with Crippen LogP contribution in [0.5, 0.6) is 5.75 Å². The summed E-state index contributed by atoms with van der Waals surface area (Å²) in [5, 5.41) is 3.10. The largest absolute Gasteiger partial charge is 0.497 e. The molecule has 0 spiro atoms. The lowest BCUT2D eigenvalue weighted by Gasteiger charge is -2.32. The van der Waals surface area contributed by atoms with E-state index in [4.69, 9.17) is 4.74 Å². The molecule has 0 bridgehead atoms. The molecule has 0 aromatic heterocycles. The molecule has 1 saturated heterocycles. The second-order valence-electron chi connectivity index (χ2n) is 6.94. The molecule has 0 radical (unpaired) electrons. The van der Waals surface area contributed by atoms with Crippen LogP contribution in [-0.2, 0) is 4.79 Å². The van der Waals surface area contributed by atoms with Crippen molar-refractivity contribution in [3.63, 3.8) is 0 Å². The Bertz CT molecular complexity index is 766. The number of nitrogens with zero attached hydrogens (tertiary/aromatic N) is 1. The molecule has 1 N–H and O–H groups in total. The Morgan fingerprint density at radius 3 is 2.26 bits per heavy atom. The smallest absolute Gasteiger partial charge is 0.253 e. The molecule has 2 aromatic rings. The van der Waals surface area contributed by atoms with Gasteiger partial charge >= 0.3 is 0 Å². The third kappa shape index (κ3) is 4.67. The summed E-state index contributed by atoms with van der Waals surface area (Å²) in [7, 11) is 1.60. The molecule has 5 heteroatoms. The highest BCUT2D eigenvalue weighted by Gasteiger charge is 2.28. The Kier molecular flexibility index (Phi) is 6.12. The minimum absolute atomic E-state index is 0.00849. The van der Waals surface area contributed by atoms with Gasteiger partial charge in [0.1, 0.15) is 5.75 Å². The number of hydrogen-bond donors (Lipinski definition) is 1. The maximum atomic E-state index is 12.6. The van der Waals surface area contributed by atoms with Gasteiger partial charge in [0.15, 0.2) is 0 Å². The number of hydrogen-bond acceptors (Lipinski definition) is 3. The fourth-order valence-corrected chi connectivity index (χ4v) is 3.42. The molecule has 1 aliphatic rings. The summed E-state index contributed by atoms with van der Waals surface area (Å²) in [6.45, 7) is 3.20. The number of methoxy groups -OCH3 is 1. The summed E-state index contributed by atoms with van der Waals surface area (Å²) in [4.78, 5) is 27.0. The Balaban J connectivity index is 1.51. The molecule has 5 nitrogen and oxygen atoms in total. The van der Waals surface area contributed by atoms with Gasteiger partial charge in [-0.05, 0) is 49.6 Å². The number of carbonyl (C=O) groups is 2. The number of ether oxygens (including phenoxy) is 1. The molecule has 142 valence electrons. The number of carbonyl (C=O) groups excluding carboxylic acids is 2. The van der Waals surface area contributed by atoms with E-state index in [0.29, 0.717) is 31.5 Å². The lowest BCUT2D eigenvalue weighted by molar-refractivity contribution is -0.126. The maximum absolute atomic E-state index is 12.6. The van der Waals surface area contributed by atoms with E-state index in [9.17, 15) is 9.59 Å². The van der Waals surface area contributed by atoms with Crippen LogP contribution < -0.4 is 10.1 Å². The first kappa shape index (κ1) is 19.0. The summed E-state index contributed by atoms with van der Waals surface area (Å²) < 4.78 is 5.13. The second-order valence-corrected chi connectivity index (χ2v) is 6.94. The minimum atomic E-state index is -0.0453. The van der Waals surface area contributed by atoms with E-state index in [1.54, 1.807) is 31.4 Å². The molecular formula is C22H26N2O3. The summed E-state index contributed by atoms with van der Waals surface area (Å²) >= 11 is 0. The molecule has 1 atom stereocenters. The van der Waals surface area contributed by atoms with Gasteiger partial charge in [-0.25, -0.2) is 0 Å². The average molecular weight is 366 g/mol. The molecule has 3 rings (SSSR count). The zero-order valence-electron chi connectivity index (χ0n) is 15.9. The Morgan fingerprint density at radius 1 is 1.04 bits per heavy atom. The molecule has 0 saturated carbocycles. The highest BCUT2D eigenvalue weighted by Crippen LogP contribution is 2.22. The van der Waals surface area contributed by atoms with Crippen molar-refractivity contribution in [3.8, 4) is 5.75 Å². The van der Waals surface area contributed by atoms with Crippen LogP contribution in [0.3, 0.4) is 0 Å². The first-order valence-electron chi connectivity index (χ1n) is 9.37. The van der Waals surface area contributed by atoms with Crippen LogP contribution in [0.15, 0.2) is 54.6 Å². The number of amides is 2. The van der Waals surface area contributed by atoms with Crippen molar-refractivity contribution in [3.05, 3.63) is 65.7 Å². The van der Waals surface area contributed by atoms with Gasteiger partial charge in [-0.3, -0.25) is 9.59 Å². The average Bonchev–Trinajstić information content (AvgIpc) is 2.74. The summed E-state index contributed by atoms with van der Waals surface area (Å²) in [6, 6.07) is 17.1. The molecule has 0 aliphatic carbocycles. The standard InChI is InChI=1S/C22H26N2O3/c1-16(17-6-4-3-5-7-17)23-21(25)18-12-14-24(15-13-18)22(26)19-8-10-20(27-2)11-9-19/h3-11,16,18H,12-15H2,1-2H3,(H,23,25). The quantitative estimate of drug-likeness (QED) is 0.882. The molecular weight excluding hydrogens is 340 g/mol. The molecule has 27 heavy (non-hydrogen) atoms. The van der Waals surface area contributed by atoms with Gasteiger partial charge in [-0.1, -0.05) is 30.3 Å². The monoisotopic (exact) mass is 366 g/mol. The topological polar surface area (TPSA) is 58.6 Å². The van der Waals surface area contributed by atoms with E-state index in [2.05, 4.69) is 5.32 Å². The lowest BCUT2D eigenvalue weighted by atomic mass is 9.94. The third-order valence-corrected chi connectivity index (χ3v) is 5.15. The highest BCUT2D eigenvalue weighted by molar-refractivity contribution is 5.94. The van der Waals surface area contributed by atoms with Crippen molar-refractivity contribution in [2.45, 2.75) is 25.8 Å². The first-order valence-corrected chi connectivity index (χ1v) is 9.37. The van der Waals surface area contributed by atoms with Crippen molar-refractivity contribution >= 4 is 11.8 Å². The maximum Gasteiger partial charge on any atom is 0.253 e. The number of rotatable bonds is 5. The van der Waals surface area contributed by atoms with E-state index < -0.39 is 0 Å². The third-order valence-electron chi connectivity index (χ3n) is 5.15. The van der Waals surface area contributed by atoms with Gasteiger partial charge in [0.25, 0.3) is 5.91 Å². The first-order chi connectivity index (χ1) is 13.1. The highest BCUT2D eigenvalue weighted by atomic mass is 16.5. The van der Waals surface area contributed by atoms with Crippen molar-refractivity contribution in [1.29, 1.82) is 0 Å². The normalized spacial score (nSPS) is 15.9. The molecule has 1 heterocycles. The second kappa shape index (κ2) is 8.71. The van der Waals surface area contributed by atoms with Crippen LogP contribution in [0.4, 0.5) is 0 Å². The van der Waals surface area contributed by atoms with E-state index >= 15 is 0 Å². The van der Waals surface area contributed by atoms with Gasteiger partial charge < -0.3 is 15.0 Å². The summed E-state index contributed by atoms with van der Waals surface area (Å²) in [5.74, 6) is 0.766. The van der Waals surface area contributed by atoms with Crippen LogP contribution in [0.25, 0.3) is 0 Å². The van der Waals surface area contributed by atoms with Gasteiger partial charge in [-0.15, -0.1) is 0 Å². The zero-order chi connectivity index (χ0) is 19.2. The van der Waals surface area contributed by atoms with Crippen molar-refractivity contribution in [2.75, 3.05) is 20.2 Å². The SMILES string of the molecule is COc1ccc(C(=O)N2CCC(C(=O)NC(C)c3ccccc3)CC2)cc1. The van der Waals surface area contributed by atoms with Gasteiger partial charge in [0, 0.05) is 24.6 Å².